The molecule has 1 saturated heterocycles. The van der Waals surface area contributed by atoms with E-state index in [4.69, 9.17) is 9.84 Å². The van der Waals surface area contributed by atoms with E-state index in [-0.39, 0.29) is 6.04 Å². The highest BCUT2D eigenvalue weighted by atomic mass is 16.5. The Balaban J connectivity index is 0.000000411. The number of aliphatic hydroxyl groups excluding tert-OH is 1. The van der Waals surface area contributed by atoms with Gasteiger partial charge in [0.05, 0.1) is 12.3 Å². The fourth-order valence-corrected chi connectivity index (χ4v) is 3.74. The molecule has 2 amide bonds. The summed E-state index contributed by atoms with van der Waals surface area (Å²) in [5.41, 5.74) is 0.998. The van der Waals surface area contributed by atoms with Crippen molar-refractivity contribution in [2.45, 2.75) is 92.2 Å². The number of anilines is 1. The normalized spacial score (nSPS) is 18.8. The zero-order valence-corrected chi connectivity index (χ0v) is 22.1. The van der Waals surface area contributed by atoms with Crippen molar-refractivity contribution in [2.24, 2.45) is 11.3 Å². The lowest BCUT2D eigenvalue weighted by atomic mass is 9.84. The molecule has 2 rings (SSSR count). The van der Waals surface area contributed by atoms with Crippen LogP contribution < -0.4 is 20.7 Å². The van der Waals surface area contributed by atoms with Gasteiger partial charge < -0.3 is 25.8 Å². The second-order valence-corrected chi connectivity index (χ2v) is 10.1. The van der Waals surface area contributed by atoms with Gasteiger partial charge in [0.2, 0.25) is 0 Å². The molecule has 1 aliphatic heterocycles. The van der Waals surface area contributed by atoms with Gasteiger partial charge in [-0.1, -0.05) is 52.7 Å². The molecule has 4 N–H and O–H groups in total. The summed E-state index contributed by atoms with van der Waals surface area (Å²) in [4.78, 5) is 24.0. The number of rotatable bonds is 10. The maximum Gasteiger partial charge on any atom is 0.313 e. The molecule has 0 spiro atoms. The monoisotopic (exact) mass is 477 g/mol. The van der Waals surface area contributed by atoms with Crippen molar-refractivity contribution in [3.05, 3.63) is 24.3 Å². The van der Waals surface area contributed by atoms with E-state index < -0.39 is 11.8 Å². The number of nitrogens with one attached hydrogen (secondary N) is 3. The van der Waals surface area contributed by atoms with Crippen molar-refractivity contribution in [1.29, 1.82) is 0 Å². The van der Waals surface area contributed by atoms with Crippen LogP contribution in [0, 0.1) is 11.3 Å². The van der Waals surface area contributed by atoms with E-state index in [0.717, 1.165) is 19.4 Å². The molecule has 1 aromatic carbocycles. The van der Waals surface area contributed by atoms with Gasteiger partial charge in [-0.05, 0) is 69.5 Å². The highest BCUT2D eigenvalue weighted by Crippen LogP contribution is 2.27. The molecule has 3 unspecified atom stereocenters. The molecule has 34 heavy (non-hydrogen) atoms. The molecule has 7 nitrogen and oxygen atoms in total. The van der Waals surface area contributed by atoms with Crippen LogP contribution in [-0.2, 0) is 9.59 Å². The summed E-state index contributed by atoms with van der Waals surface area (Å²) in [5.74, 6) is -0.233. The third kappa shape index (κ3) is 11.8. The molecule has 1 aliphatic rings. The average Bonchev–Trinajstić information content (AvgIpc) is 2.80. The first-order valence-corrected chi connectivity index (χ1v) is 12.8. The summed E-state index contributed by atoms with van der Waals surface area (Å²) in [6.07, 6.45) is 6.62. The van der Waals surface area contributed by atoms with Gasteiger partial charge in [0.15, 0.2) is 0 Å². The highest BCUT2D eigenvalue weighted by molar-refractivity contribution is 6.39. The average molecular weight is 478 g/mol. The molecular weight excluding hydrogens is 430 g/mol. The number of piperidine rings is 1. The van der Waals surface area contributed by atoms with Gasteiger partial charge in [-0.3, -0.25) is 9.59 Å². The number of amides is 2. The van der Waals surface area contributed by atoms with Crippen LogP contribution in [0.4, 0.5) is 5.69 Å². The quantitative estimate of drug-likeness (QED) is 0.372. The molecule has 1 fully saturated rings. The van der Waals surface area contributed by atoms with E-state index >= 15 is 0 Å². The predicted molar refractivity (Wildman–Crippen MR) is 139 cm³/mol. The summed E-state index contributed by atoms with van der Waals surface area (Å²) < 4.78 is 5.43. The van der Waals surface area contributed by atoms with Crippen LogP contribution in [-0.4, -0.2) is 48.8 Å². The second-order valence-electron chi connectivity index (χ2n) is 10.1. The number of ether oxygens (including phenoxy) is 1. The molecule has 194 valence electrons. The number of benzene rings is 1. The number of aliphatic hydroxyl groups is 1. The third-order valence-corrected chi connectivity index (χ3v) is 6.42. The summed E-state index contributed by atoms with van der Waals surface area (Å²) in [7, 11) is 0. The Labute approximate surface area is 206 Å². The summed E-state index contributed by atoms with van der Waals surface area (Å²) in [6.45, 7) is 14.6. The van der Waals surface area contributed by atoms with Crippen molar-refractivity contribution in [3.63, 3.8) is 0 Å². The number of para-hydroxylation sites is 2. The van der Waals surface area contributed by atoms with Gasteiger partial charge in [0, 0.05) is 18.7 Å². The lowest BCUT2D eigenvalue weighted by Crippen LogP contribution is -2.49. The zero-order chi connectivity index (χ0) is 25.6. The third-order valence-electron chi connectivity index (χ3n) is 6.42. The molecule has 0 saturated carbocycles. The lowest BCUT2D eigenvalue weighted by Gasteiger charge is -2.28. The minimum Gasteiger partial charge on any atom is -0.492 e. The van der Waals surface area contributed by atoms with Gasteiger partial charge in [-0.15, -0.1) is 0 Å². The molecular formula is C27H47N3O4. The molecule has 3 atom stereocenters. The van der Waals surface area contributed by atoms with Crippen molar-refractivity contribution in [3.8, 4) is 5.75 Å². The SMILES string of the molecule is CCC(C)(C)CCCC(C)CO.CCOc1ccccc1NC(=O)C(=O)NC1CCNC(C)C1. The Hall–Kier alpha value is -2.12. The van der Waals surface area contributed by atoms with E-state index in [1.807, 2.05) is 13.0 Å². The molecule has 0 radical (unpaired) electrons. The summed E-state index contributed by atoms with van der Waals surface area (Å²) in [5, 5.41) is 17.5. The number of hydrogen-bond donors (Lipinski definition) is 4. The minimum absolute atomic E-state index is 0.0386. The Morgan fingerprint density at radius 2 is 1.94 bits per heavy atom. The van der Waals surface area contributed by atoms with Gasteiger partial charge in [0.1, 0.15) is 5.75 Å². The van der Waals surface area contributed by atoms with Gasteiger partial charge in [-0.2, -0.15) is 0 Å². The fraction of sp³-hybridized carbons (Fsp3) is 0.704. The van der Waals surface area contributed by atoms with Crippen LogP contribution >= 0.6 is 0 Å². The first-order chi connectivity index (χ1) is 16.1. The van der Waals surface area contributed by atoms with Crippen molar-refractivity contribution >= 4 is 17.5 Å². The van der Waals surface area contributed by atoms with Gasteiger partial charge in [0.25, 0.3) is 0 Å². The van der Waals surface area contributed by atoms with E-state index in [9.17, 15) is 9.59 Å². The van der Waals surface area contributed by atoms with Crippen LogP contribution in [0.25, 0.3) is 0 Å². The highest BCUT2D eigenvalue weighted by Gasteiger charge is 2.23. The summed E-state index contributed by atoms with van der Waals surface area (Å²) in [6, 6.07) is 7.45. The van der Waals surface area contributed by atoms with Gasteiger partial charge >= 0.3 is 11.8 Å². The van der Waals surface area contributed by atoms with E-state index in [1.54, 1.807) is 18.2 Å². The zero-order valence-electron chi connectivity index (χ0n) is 22.1. The Kier molecular flexibility index (Phi) is 13.8. The maximum atomic E-state index is 12.0. The number of carbonyl (C=O) groups is 2. The molecule has 0 aliphatic carbocycles. The topological polar surface area (TPSA) is 99.7 Å². The molecule has 0 bridgehead atoms. The van der Waals surface area contributed by atoms with E-state index in [1.165, 1.54) is 25.7 Å². The second kappa shape index (κ2) is 15.7. The van der Waals surface area contributed by atoms with Crippen LogP contribution in [0.3, 0.4) is 0 Å². The molecule has 7 heteroatoms. The first kappa shape index (κ1) is 29.9. The van der Waals surface area contributed by atoms with Crippen molar-refractivity contribution in [1.82, 2.24) is 10.6 Å². The largest absolute Gasteiger partial charge is 0.492 e. The molecule has 1 aromatic rings. The van der Waals surface area contributed by atoms with E-state index in [2.05, 4.69) is 50.6 Å². The lowest BCUT2D eigenvalue weighted by molar-refractivity contribution is -0.136. The Morgan fingerprint density at radius 1 is 1.24 bits per heavy atom. The summed E-state index contributed by atoms with van der Waals surface area (Å²) >= 11 is 0. The molecule has 0 aromatic heterocycles. The predicted octanol–water partition coefficient (Wildman–Crippen LogP) is 4.50. The van der Waals surface area contributed by atoms with E-state index in [0.29, 0.717) is 42.0 Å². The number of carbonyl (C=O) groups excluding carboxylic acids is 2. The van der Waals surface area contributed by atoms with Gasteiger partial charge in [-0.25, -0.2) is 0 Å². The fourth-order valence-electron chi connectivity index (χ4n) is 3.74. The Morgan fingerprint density at radius 3 is 2.56 bits per heavy atom. The smallest absolute Gasteiger partial charge is 0.313 e. The standard InChI is InChI=1S/C16H23N3O3.C11H24O/c1-3-22-14-7-5-4-6-13(14)19-16(21)15(20)18-12-8-9-17-11(2)10-12;1-5-11(3,4)8-6-7-10(2)9-12/h4-7,11-12,17H,3,8-10H2,1-2H3,(H,18,20)(H,19,21);10,12H,5-9H2,1-4H3. The first-order valence-electron chi connectivity index (χ1n) is 12.8. The van der Waals surface area contributed by atoms with Crippen LogP contribution in [0.15, 0.2) is 24.3 Å². The van der Waals surface area contributed by atoms with Crippen LogP contribution in [0.5, 0.6) is 5.75 Å². The maximum absolute atomic E-state index is 12.0. The Bertz CT molecular complexity index is 738. The van der Waals surface area contributed by atoms with Crippen LogP contribution in [0.1, 0.15) is 80.1 Å². The minimum atomic E-state index is -0.668. The van der Waals surface area contributed by atoms with Crippen molar-refractivity contribution < 1.29 is 19.4 Å². The molecule has 1 heterocycles. The van der Waals surface area contributed by atoms with Crippen molar-refractivity contribution in [2.75, 3.05) is 25.1 Å². The number of hydrogen-bond acceptors (Lipinski definition) is 5. The van der Waals surface area contributed by atoms with Crippen LogP contribution in [0.2, 0.25) is 0 Å².